The Balaban J connectivity index is 1.94. The van der Waals surface area contributed by atoms with Crippen molar-refractivity contribution in [1.82, 2.24) is 4.90 Å². The van der Waals surface area contributed by atoms with Crippen molar-refractivity contribution in [2.45, 2.75) is 63.4 Å². The van der Waals surface area contributed by atoms with E-state index in [0.717, 1.165) is 25.7 Å². The van der Waals surface area contributed by atoms with Gasteiger partial charge in [0.15, 0.2) is 0 Å². The number of rotatable bonds is 7. The fourth-order valence-electron chi connectivity index (χ4n) is 4.16. The molecule has 1 fully saturated rings. The van der Waals surface area contributed by atoms with Gasteiger partial charge in [-0.05, 0) is 63.9 Å². The summed E-state index contributed by atoms with van der Waals surface area (Å²) in [5.74, 6) is -0.0910. The maximum absolute atomic E-state index is 13.3. The molecule has 2 aromatic carbocycles. The number of hydrogen-bond donors (Lipinski definition) is 0. The van der Waals surface area contributed by atoms with E-state index in [0.29, 0.717) is 17.8 Å². The summed E-state index contributed by atoms with van der Waals surface area (Å²) in [6.07, 6.45) is 4.30. The second kappa shape index (κ2) is 8.99. The van der Waals surface area contributed by atoms with E-state index in [2.05, 4.69) is 0 Å². The molecular formula is C23H30N2O3S. The minimum Gasteiger partial charge on any atom is -0.333 e. The number of nitrogens with zero attached hydrogens (tertiary/aromatic N) is 2. The number of carbonyl (C=O) groups is 1. The average molecular weight is 415 g/mol. The maximum atomic E-state index is 13.3. The van der Waals surface area contributed by atoms with Gasteiger partial charge >= 0.3 is 0 Å². The van der Waals surface area contributed by atoms with Crippen LogP contribution in [0.5, 0.6) is 0 Å². The Morgan fingerprint density at radius 2 is 1.69 bits per heavy atom. The fourth-order valence-corrected chi connectivity index (χ4v) is 5.68. The van der Waals surface area contributed by atoms with Gasteiger partial charge in [0.1, 0.15) is 0 Å². The first-order valence-electron chi connectivity index (χ1n) is 10.4. The number of para-hydroxylation sites is 1. The number of benzene rings is 2. The van der Waals surface area contributed by atoms with Crippen LogP contribution < -0.4 is 4.31 Å². The standard InChI is InChI=1S/C23H30N2O3S/c1-4-24(20-12-6-5-7-13-20)29(27,28)22-16-10-11-19(17-22)23(26)25(18(2)3)21-14-8-9-15-21/h5-7,10-13,16-18,21H,4,8-9,14-15H2,1-3H3. The second-order valence-corrected chi connectivity index (χ2v) is 9.64. The van der Waals surface area contributed by atoms with Gasteiger partial charge in [-0.25, -0.2) is 8.42 Å². The van der Waals surface area contributed by atoms with Crippen LogP contribution in [-0.2, 0) is 10.0 Å². The van der Waals surface area contributed by atoms with Crippen molar-refractivity contribution in [3.63, 3.8) is 0 Å². The number of hydrogen-bond acceptors (Lipinski definition) is 3. The fraction of sp³-hybridized carbons (Fsp3) is 0.435. The summed E-state index contributed by atoms with van der Waals surface area (Å²) in [7, 11) is -3.76. The normalized spacial score (nSPS) is 14.9. The maximum Gasteiger partial charge on any atom is 0.264 e. The van der Waals surface area contributed by atoms with Crippen LogP contribution in [-0.4, -0.2) is 37.9 Å². The van der Waals surface area contributed by atoms with Crippen LogP contribution in [0.3, 0.4) is 0 Å². The Kier molecular flexibility index (Phi) is 6.63. The first kappa shape index (κ1) is 21.4. The molecule has 0 bridgehead atoms. The minimum atomic E-state index is -3.76. The number of sulfonamides is 1. The molecular weight excluding hydrogens is 384 g/mol. The van der Waals surface area contributed by atoms with Crippen LogP contribution in [0.1, 0.15) is 56.8 Å². The first-order valence-corrected chi connectivity index (χ1v) is 11.8. The van der Waals surface area contributed by atoms with E-state index in [1.807, 2.05) is 36.9 Å². The van der Waals surface area contributed by atoms with Crippen molar-refractivity contribution in [3.8, 4) is 0 Å². The summed E-state index contributed by atoms with van der Waals surface area (Å²) < 4.78 is 28.0. The van der Waals surface area contributed by atoms with Gasteiger partial charge in [-0.15, -0.1) is 0 Å². The van der Waals surface area contributed by atoms with Crippen molar-refractivity contribution in [2.75, 3.05) is 10.8 Å². The lowest BCUT2D eigenvalue weighted by molar-refractivity contribution is 0.0613. The van der Waals surface area contributed by atoms with Gasteiger partial charge in [0.25, 0.3) is 15.9 Å². The zero-order valence-corrected chi connectivity index (χ0v) is 18.2. The molecule has 156 valence electrons. The zero-order valence-electron chi connectivity index (χ0n) is 17.4. The highest BCUT2D eigenvalue weighted by molar-refractivity contribution is 7.92. The molecule has 1 amide bonds. The molecule has 1 aliphatic rings. The minimum absolute atomic E-state index is 0.0716. The van der Waals surface area contributed by atoms with Gasteiger partial charge in [0, 0.05) is 24.2 Å². The topological polar surface area (TPSA) is 57.7 Å². The van der Waals surface area contributed by atoms with Crippen molar-refractivity contribution in [3.05, 3.63) is 60.2 Å². The molecule has 0 unspecified atom stereocenters. The quantitative estimate of drug-likeness (QED) is 0.660. The monoisotopic (exact) mass is 414 g/mol. The van der Waals surface area contributed by atoms with Crippen molar-refractivity contribution >= 4 is 21.6 Å². The van der Waals surface area contributed by atoms with Gasteiger partial charge < -0.3 is 4.90 Å². The third-order valence-corrected chi connectivity index (χ3v) is 7.41. The van der Waals surface area contributed by atoms with Gasteiger partial charge in [0.2, 0.25) is 0 Å². The summed E-state index contributed by atoms with van der Waals surface area (Å²) in [5, 5.41) is 0. The molecule has 0 radical (unpaired) electrons. The number of amides is 1. The lowest BCUT2D eigenvalue weighted by atomic mass is 10.1. The number of carbonyl (C=O) groups excluding carboxylic acids is 1. The molecule has 6 heteroatoms. The van der Waals surface area contributed by atoms with Gasteiger partial charge in [0.05, 0.1) is 10.6 Å². The summed E-state index contributed by atoms with van der Waals surface area (Å²) in [6, 6.07) is 15.8. The lowest BCUT2D eigenvalue weighted by Crippen LogP contribution is -2.43. The molecule has 0 heterocycles. The number of anilines is 1. The molecule has 0 atom stereocenters. The van der Waals surface area contributed by atoms with E-state index in [4.69, 9.17) is 0 Å². The molecule has 1 saturated carbocycles. The molecule has 0 spiro atoms. The van der Waals surface area contributed by atoms with Crippen LogP contribution in [0, 0.1) is 0 Å². The van der Waals surface area contributed by atoms with Crippen molar-refractivity contribution < 1.29 is 13.2 Å². The van der Waals surface area contributed by atoms with Crippen molar-refractivity contribution in [1.29, 1.82) is 0 Å². The molecule has 29 heavy (non-hydrogen) atoms. The predicted molar refractivity (Wildman–Crippen MR) is 117 cm³/mol. The molecule has 5 nitrogen and oxygen atoms in total. The summed E-state index contributed by atoms with van der Waals surface area (Å²) in [5.41, 5.74) is 1.04. The van der Waals surface area contributed by atoms with E-state index in [9.17, 15) is 13.2 Å². The Labute approximate surface area is 174 Å². The molecule has 0 aliphatic heterocycles. The van der Waals surface area contributed by atoms with E-state index < -0.39 is 10.0 Å². The summed E-state index contributed by atoms with van der Waals surface area (Å²) in [6.45, 7) is 6.15. The smallest absolute Gasteiger partial charge is 0.264 e. The summed E-state index contributed by atoms with van der Waals surface area (Å²) >= 11 is 0. The average Bonchev–Trinajstić information content (AvgIpc) is 3.23. The van der Waals surface area contributed by atoms with Crippen LogP contribution in [0.4, 0.5) is 5.69 Å². The molecule has 0 N–H and O–H groups in total. The molecule has 2 aromatic rings. The van der Waals surface area contributed by atoms with Gasteiger partial charge in [-0.3, -0.25) is 9.10 Å². The lowest BCUT2D eigenvalue weighted by Gasteiger charge is -2.33. The highest BCUT2D eigenvalue weighted by Crippen LogP contribution is 2.28. The first-order chi connectivity index (χ1) is 13.9. The molecule has 3 rings (SSSR count). The van der Waals surface area contributed by atoms with Crippen molar-refractivity contribution in [2.24, 2.45) is 0 Å². The molecule has 1 aliphatic carbocycles. The van der Waals surface area contributed by atoms with Gasteiger partial charge in [-0.1, -0.05) is 37.1 Å². The van der Waals surface area contributed by atoms with E-state index in [1.54, 1.807) is 37.3 Å². The largest absolute Gasteiger partial charge is 0.333 e. The zero-order chi connectivity index (χ0) is 21.0. The Morgan fingerprint density at radius 1 is 1.03 bits per heavy atom. The highest BCUT2D eigenvalue weighted by atomic mass is 32.2. The van der Waals surface area contributed by atoms with Crippen LogP contribution >= 0.6 is 0 Å². The SMILES string of the molecule is CCN(c1ccccc1)S(=O)(=O)c1cccc(C(=O)N(C(C)C)C2CCCC2)c1. The highest BCUT2D eigenvalue weighted by Gasteiger charge is 2.30. The predicted octanol–water partition coefficient (Wildman–Crippen LogP) is 4.70. The second-order valence-electron chi connectivity index (χ2n) is 7.78. The Hall–Kier alpha value is -2.34. The van der Waals surface area contributed by atoms with Crippen LogP contribution in [0.15, 0.2) is 59.5 Å². The Bertz CT molecular complexity index is 936. The van der Waals surface area contributed by atoms with E-state index in [-0.39, 0.29) is 22.9 Å². The van der Waals surface area contributed by atoms with E-state index in [1.165, 1.54) is 10.4 Å². The Morgan fingerprint density at radius 3 is 2.28 bits per heavy atom. The summed E-state index contributed by atoms with van der Waals surface area (Å²) in [4.78, 5) is 15.3. The van der Waals surface area contributed by atoms with Crippen LogP contribution in [0.2, 0.25) is 0 Å². The van der Waals surface area contributed by atoms with Crippen LogP contribution in [0.25, 0.3) is 0 Å². The third-order valence-electron chi connectivity index (χ3n) is 5.51. The van der Waals surface area contributed by atoms with E-state index >= 15 is 0 Å². The van der Waals surface area contributed by atoms with Gasteiger partial charge in [-0.2, -0.15) is 0 Å². The third kappa shape index (κ3) is 4.47. The molecule has 0 aromatic heterocycles. The molecule has 0 saturated heterocycles.